The molecular formula is C29H30ClN3O3. The van der Waals surface area contributed by atoms with Gasteiger partial charge in [0.15, 0.2) is 0 Å². The molecule has 0 aliphatic rings. The number of carbonyl (C=O) groups excluding carboxylic acids is 1. The van der Waals surface area contributed by atoms with Crippen LogP contribution in [0.15, 0.2) is 65.6 Å². The van der Waals surface area contributed by atoms with E-state index in [0.29, 0.717) is 33.2 Å². The summed E-state index contributed by atoms with van der Waals surface area (Å²) in [5.41, 5.74) is 4.65. The molecule has 1 atom stereocenters. The van der Waals surface area contributed by atoms with Crippen LogP contribution in [0.5, 0.6) is 0 Å². The maximum atomic E-state index is 13.4. The first kappa shape index (κ1) is 25.5. The van der Waals surface area contributed by atoms with Crippen molar-refractivity contribution in [3.63, 3.8) is 0 Å². The number of hydrogen-bond donors (Lipinski definition) is 1. The minimum Gasteiger partial charge on any atom is -0.456 e. The lowest BCUT2D eigenvalue weighted by atomic mass is 10.0. The molecule has 2 aromatic carbocycles. The molecule has 0 aliphatic heterocycles. The summed E-state index contributed by atoms with van der Waals surface area (Å²) in [6.07, 6.45) is 1.80. The van der Waals surface area contributed by atoms with E-state index in [1.54, 1.807) is 41.8 Å². The molecule has 4 aromatic rings. The van der Waals surface area contributed by atoms with Gasteiger partial charge < -0.3 is 10.1 Å². The third-order valence-electron chi connectivity index (χ3n) is 5.82. The van der Waals surface area contributed by atoms with Crippen molar-refractivity contribution >= 4 is 28.9 Å². The van der Waals surface area contributed by atoms with Crippen LogP contribution in [0.1, 0.15) is 60.8 Å². The summed E-state index contributed by atoms with van der Waals surface area (Å²) in [6.45, 7) is 11.2. The number of esters is 1. The molecule has 2 aromatic heterocycles. The second-order valence-electron chi connectivity index (χ2n) is 9.98. The lowest BCUT2D eigenvalue weighted by Crippen LogP contribution is -2.25. The van der Waals surface area contributed by atoms with Gasteiger partial charge >= 0.3 is 5.97 Å². The number of halogens is 1. The minimum atomic E-state index is -0.608. The Kier molecular flexibility index (Phi) is 6.92. The average molecular weight is 504 g/mol. The van der Waals surface area contributed by atoms with Gasteiger partial charge in [-0.15, -0.1) is 0 Å². The van der Waals surface area contributed by atoms with Gasteiger partial charge in [0.1, 0.15) is 11.2 Å². The molecule has 0 saturated carbocycles. The summed E-state index contributed by atoms with van der Waals surface area (Å²) in [5, 5.41) is 4.06. The van der Waals surface area contributed by atoms with E-state index in [0.717, 1.165) is 16.7 Å². The molecule has 0 spiro atoms. The van der Waals surface area contributed by atoms with Crippen LogP contribution < -0.4 is 10.9 Å². The lowest BCUT2D eigenvalue weighted by molar-refractivity contribution is 0.00706. The van der Waals surface area contributed by atoms with Crippen molar-refractivity contribution < 1.29 is 9.53 Å². The Balaban J connectivity index is 1.81. The van der Waals surface area contributed by atoms with Crippen LogP contribution in [0.2, 0.25) is 5.02 Å². The highest BCUT2D eigenvalue weighted by atomic mass is 35.5. The van der Waals surface area contributed by atoms with Crippen molar-refractivity contribution in [2.45, 2.75) is 53.2 Å². The summed E-state index contributed by atoms with van der Waals surface area (Å²) in [5.74, 6) is -0.401. The Hall–Kier alpha value is -3.64. The van der Waals surface area contributed by atoms with Crippen LogP contribution in [0.4, 0.5) is 5.69 Å². The number of rotatable bonds is 5. The van der Waals surface area contributed by atoms with E-state index in [1.807, 2.05) is 65.0 Å². The molecule has 0 radical (unpaired) electrons. The highest BCUT2D eigenvalue weighted by Gasteiger charge is 2.22. The third kappa shape index (κ3) is 5.29. The van der Waals surface area contributed by atoms with Crippen LogP contribution >= 0.6 is 11.6 Å². The van der Waals surface area contributed by atoms with E-state index in [4.69, 9.17) is 21.3 Å². The van der Waals surface area contributed by atoms with Gasteiger partial charge in [0.05, 0.1) is 17.3 Å². The third-order valence-corrected chi connectivity index (χ3v) is 6.07. The second-order valence-corrected chi connectivity index (χ2v) is 10.4. The van der Waals surface area contributed by atoms with Crippen LogP contribution in [0.25, 0.3) is 16.9 Å². The molecular weight excluding hydrogens is 474 g/mol. The van der Waals surface area contributed by atoms with E-state index in [1.165, 1.54) is 0 Å². The Morgan fingerprint density at radius 2 is 1.75 bits per heavy atom. The van der Waals surface area contributed by atoms with Gasteiger partial charge in [-0.1, -0.05) is 35.9 Å². The first-order chi connectivity index (χ1) is 16.9. The summed E-state index contributed by atoms with van der Waals surface area (Å²) in [7, 11) is 0. The van der Waals surface area contributed by atoms with E-state index in [-0.39, 0.29) is 11.6 Å². The highest BCUT2D eigenvalue weighted by molar-refractivity contribution is 6.30. The molecule has 0 aliphatic carbocycles. The Labute approximate surface area is 215 Å². The van der Waals surface area contributed by atoms with Gasteiger partial charge in [-0.2, -0.15) is 0 Å². The van der Waals surface area contributed by atoms with Gasteiger partial charge in [0.25, 0.3) is 5.56 Å². The fourth-order valence-electron chi connectivity index (χ4n) is 4.13. The zero-order valence-electron chi connectivity index (χ0n) is 21.3. The van der Waals surface area contributed by atoms with Gasteiger partial charge in [0.2, 0.25) is 0 Å². The second kappa shape index (κ2) is 9.78. The molecule has 0 fully saturated rings. The minimum absolute atomic E-state index is 0.128. The first-order valence-electron chi connectivity index (χ1n) is 11.8. The van der Waals surface area contributed by atoms with Crippen molar-refractivity contribution in [3.05, 3.63) is 98.4 Å². The number of aromatic nitrogens is 2. The van der Waals surface area contributed by atoms with Crippen molar-refractivity contribution in [3.8, 4) is 11.3 Å². The molecule has 4 rings (SSSR count). The summed E-state index contributed by atoms with van der Waals surface area (Å²) >= 11 is 6.07. The normalized spacial score (nSPS) is 12.4. The number of carbonyl (C=O) groups is 1. The zero-order valence-corrected chi connectivity index (χ0v) is 22.1. The predicted molar refractivity (Wildman–Crippen MR) is 145 cm³/mol. The SMILES string of the molecule is Cc1cc(C(C)Nc2ccccc2C(=O)OC(C)(C)C)c2nc(-c3ccc(Cl)cc3)c(C)c(=O)n2c1. The van der Waals surface area contributed by atoms with Crippen LogP contribution in [-0.4, -0.2) is 21.0 Å². The molecule has 0 bridgehead atoms. The van der Waals surface area contributed by atoms with Crippen LogP contribution in [0, 0.1) is 13.8 Å². The van der Waals surface area contributed by atoms with E-state index < -0.39 is 11.6 Å². The van der Waals surface area contributed by atoms with Crippen molar-refractivity contribution in [2.75, 3.05) is 5.32 Å². The molecule has 0 saturated heterocycles. The maximum Gasteiger partial charge on any atom is 0.340 e. The van der Waals surface area contributed by atoms with Crippen LogP contribution in [0.3, 0.4) is 0 Å². The fraction of sp³-hybridized carbons (Fsp3) is 0.276. The summed E-state index contributed by atoms with van der Waals surface area (Å²) in [4.78, 5) is 31.1. The predicted octanol–water partition coefficient (Wildman–Crippen LogP) is 6.76. The number of ether oxygens (including phenoxy) is 1. The fourth-order valence-corrected chi connectivity index (χ4v) is 4.26. The molecule has 36 heavy (non-hydrogen) atoms. The molecule has 7 heteroatoms. The Morgan fingerprint density at radius 3 is 2.42 bits per heavy atom. The smallest absolute Gasteiger partial charge is 0.340 e. The first-order valence-corrected chi connectivity index (χ1v) is 12.2. The van der Waals surface area contributed by atoms with E-state index in [9.17, 15) is 9.59 Å². The molecule has 2 heterocycles. The largest absolute Gasteiger partial charge is 0.456 e. The highest BCUT2D eigenvalue weighted by Crippen LogP contribution is 2.29. The number of pyridine rings is 1. The summed E-state index contributed by atoms with van der Waals surface area (Å²) in [6, 6.07) is 16.3. The molecule has 186 valence electrons. The number of para-hydroxylation sites is 1. The number of anilines is 1. The molecule has 6 nitrogen and oxygen atoms in total. The molecule has 1 N–H and O–H groups in total. The molecule has 0 amide bonds. The number of nitrogens with one attached hydrogen (secondary N) is 1. The zero-order chi connectivity index (χ0) is 26.2. The van der Waals surface area contributed by atoms with Crippen molar-refractivity contribution in [2.24, 2.45) is 0 Å². The van der Waals surface area contributed by atoms with E-state index in [2.05, 4.69) is 5.32 Å². The quantitative estimate of drug-likeness (QED) is 0.304. The van der Waals surface area contributed by atoms with Crippen molar-refractivity contribution in [1.29, 1.82) is 0 Å². The number of benzene rings is 2. The van der Waals surface area contributed by atoms with Gasteiger partial charge in [-0.25, -0.2) is 9.78 Å². The average Bonchev–Trinajstić information content (AvgIpc) is 2.81. The van der Waals surface area contributed by atoms with Gasteiger partial charge in [0, 0.05) is 33.6 Å². The van der Waals surface area contributed by atoms with Gasteiger partial charge in [-0.3, -0.25) is 9.20 Å². The standard InChI is InChI=1S/C29H30ClN3O3/c1-17-15-23(19(3)31-24-10-8-7-9-22(24)28(35)36-29(4,5)6)26-32-25(18(2)27(34)33(26)16-17)20-11-13-21(30)14-12-20/h7-16,19,31H,1-6H3. The monoisotopic (exact) mass is 503 g/mol. The Morgan fingerprint density at radius 1 is 1.08 bits per heavy atom. The lowest BCUT2D eigenvalue weighted by Gasteiger charge is -2.23. The van der Waals surface area contributed by atoms with Crippen molar-refractivity contribution in [1.82, 2.24) is 9.38 Å². The number of nitrogens with zero attached hydrogens (tertiary/aromatic N) is 2. The Bertz CT molecular complexity index is 1500. The van der Waals surface area contributed by atoms with Crippen LogP contribution in [-0.2, 0) is 4.74 Å². The number of hydrogen-bond acceptors (Lipinski definition) is 5. The summed E-state index contributed by atoms with van der Waals surface area (Å²) < 4.78 is 7.19. The molecule has 1 unspecified atom stereocenters. The topological polar surface area (TPSA) is 72.7 Å². The number of fused-ring (bicyclic) bond motifs is 1. The van der Waals surface area contributed by atoms with E-state index >= 15 is 0 Å². The number of aryl methyl sites for hydroxylation is 1. The van der Waals surface area contributed by atoms with Gasteiger partial charge in [-0.05, 0) is 77.4 Å². The maximum absolute atomic E-state index is 13.4.